The Bertz CT molecular complexity index is 694. The van der Waals surface area contributed by atoms with E-state index in [0.717, 1.165) is 27.1 Å². The van der Waals surface area contributed by atoms with Crippen molar-refractivity contribution in [3.05, 3.63) is 38.0 Å². The molecule has 3 aromatic rings. The van der Waals surface area contributed by atoms with Gasteiger partial charge in [-0.1, -0.05) is 11.6 Å². The van der Waals surface area contributed by atoms with Gasteiger partial charge in [0.15, 0.2) is 0 Å². The third-order valence-corrected chi connectivity index (χ3v) is 4.93. The van der Waals surface area contributed by atoms with E-state index in [9.17, 15) is 0 Å². The molecule has 0 radical (unpaired) electrons. The van der Waals surface area contributed by atoms with Gasteiger partial charge in [0.1, 0.15) is 11.0 Å². The van der Waals surface area contributed by atoms with Crippen molar-refractivity contribution in [1.82, 2.24) is 8.75 Å². The molecule has 0 unspecified atom stereocenters. The van der Waals surface area contributed by atoms with Crippen LogP contribution in [0, 0.1) is 0 Å². The van der Waals surface area contributed by atoms with Gasteiger partial charge in [0.2, 0.25) is 0 Å². The molecule has 1 N–H and O–H groups in total. The van der Waals surface area contributed by atoms with Gasteiger partial charge in [-0.05, 0) is 40.2 Å². The zero-order valence-electron chi connectivity index (χ0n) is 8.98. The fourth-order valence-corrected chi connectivity index (χ4v) is 3.80. The van der Waals surface area contributed by atoms with Gasteiger partial charge in [0.05, 0.1) is 26.2 Å². The maximum atomic E-state index is 6.20. The molecule has 0 saturated heterocycles. The Morgan fingerprint density at radius 2 is 2.11 bits per heavy atom. The Morgan fingerprint density at radius 3 is 2.89 bits per heavy atom. The average molecular weight is 361 g/mol. The molecule has 3 rings (SSSR count). The van der Waals surface area contributed by atoms with Gasteiger partial charge in [-0.25, -0.2) is 0 Å². The molecule has 2 heterocycles. The van der Waals surface area contributed by atoms with Crippen LogP contribution in [0.1, 0.15) is 4.88 Å². The van der Waals surface area contributed by atoms with Gasteiger partial charge in [-0.15, -0.1) is 11.3 Å². The summed E-state index contributed by atoms with van der Waals surface area (Å²) in [5.41, 5.74) is 2.56. The van der Waals surface area contributed by atoms with Gasteiger partial charge in [0, 0.05) is 11.4 Å². The SMILES string of the molecule is Clc1ccc2nsnc2c1NCc1ccc(Br)s1. The predicted octanol–water partition coefficient (Wildman–Crippen LogP) is 4.78. The Morgan fingerprint density at radius 1 is 1.22 bits per heavy atom. The molecule has 0 aliphatic rings. The number of halogens is 2. The molecule has 0 saturated carbocycles. The van der Waals surface area contributed by atoms with Crippen molar-refractivity contribution in [1.29, 1.82) is 0 Å². The first-order chi connectivity index (χ1) is 8.74. The molecule has 0 spiro atoms. The minimum Gasteiger partial charge on any atom is -0.377 e. The first-order valence-electron chi connectivity index (χ1n) is 5.13. The highest BCUT2D eigenvalue weighted by atomic mass is 79.9. The van der Waals surface area contributed by atoms with E-state index in [-0.39, 0.29) is 0 Å². The summed E-state index contributed by atoms with van der Waals surface area (Å²) < 4.78 is 9.61. The normalized spacial score (nSPS) is 11.0. The molecule has 0 aliphatic heterocycles. The number of rotatable bonds is 3. The minimum atomic E-state index is 0.672. The van der Waals surface area contributed by atoms with E-state index < -0.39 is 0 Å². The zero-order valence-corrected chi connectivity index (χ0v) is 13.0. The van der Waals surface area contributed by atoms with E-state index in [0.29, 0.717) is 5.02 Å². The van der Waals surface area contributed by atoms with Gasteiger partial charge in [0.25, 0.3) is 0 Å². The van der Waals surface area contributed by atoms with Crippen molar-refractivity contribution in [2.24, 2.45) is 0 Å². The highest BCUT2D eigenvalue weighted by Gasteiger charge is 2.09. The van der Waals surface area contributed by atoms with Crippen molar-refractivity contribution >= 4 is 67.3 Å². The van der Waals surface area contributed by atoms with Crippen LogP contribution in [0.25, 0.3) is 11.0 Å². The van der Waals surface area contributed by atoms with Crippen molar-refractivity contribution in [3.63, 3.8) is 0 Å². The molecule has 0 fully saturated rings. The number of aromatic nitrogens is 2. The molecule has 18 heavy (non-hydrogen) atoms. The number of hydrogen-bond acceptors (Lipinski definition) is 5. The van der Waals surface area contributed by atoms with E-state index in [2.05, 4.69) is 36.1 Å². The summed E-state index contributed by atoms with van der Waals surface area (Å²) in [6, 6.07) is 7.84. The Hall–Kier alpha value is -0.690. The molecule has 0 aliphatic carbocycles. The number of hydrogen-bond donors (Lipinski definition) is 1. The number of anilines is 1. The van der Waals surface area contributed by atoms with Crippen molar-refractivity contribution in [2.75, 3.05) is 5.32 Å². The molecule has 92 valence electrons. The maximum absolute atomic E-state index is 6.20. The Balaban J connectivity index is 1.89. The number of nitrogens with zero attached hydrogens (tertiary/aromatic N) is 2. The van der Waals surface area contributed by atoms with Crippen LogP contribution in [0.5, 0.6) is 0 Å². The van der Waals surface area contributed by atoms with Crippen LogP contribution in [-0.4, -0.2) is 8.75 Å². The van der Waals surface area contributed by atoms with Gasteiger partial charge in [-0.2, -0.15) is 8.75 Å². The second kappa shape index (κ2) is 5.13. The molecule has 0 atom stereocenters. The predicted molar refractivity (Wildman–Crippen MR) is 81.8 cm³/mol. The molecular weight excluding hydrogens is 354 g/mol. The summed E-state index contributed by atoms with van der Waals surface area (Å²) >= 11 is 12.5. The standard InChI is InChI=1S/C11H7BrClN3S2/c12-9-4-1-6(17-9)5-14-10-7(13)2-3-8-11(10)16-18-15-8/h1-4,14H,5H2. The topological polar surface area (TPSA) is 37.8 Å². The first-order valence-corrected chi connectivity index (χ1v) is 7.84. The Labute approximate surface area is 125 Å². The lowest BCUT2D eigenvalue weighted by Gasteiger charge is -2.07. The maximum Gasteiger partial charge on any atom is 0.129 e. The van der Waals surface area contributed by atoms with Gasteiger partial charge < -0.3 is 5.32 Å². The lowest BCUT2D eigenvalue weighted by molar-refractivity contribution is 1.20. The highest BCUT2D eigenvalue weighted by Crippen LogP contribution is 2.31. The number of thiophene rings is 1. The fraction of sp³-hybridized carbons (Fsp3) is 0.0909. The second-order valence-electron chi connectivity index (χ2n) is 3.61. The molecular formula is C11H7BrClN3S2. The minimum absolute atomic E-state index is 0.672. The molecule has 0 bridgehead atoms. The fourth-order valence-electron chi connectivity index (χ4n) is 1.62. The van der Waals surface area contributed by atoms with Crippen LogP contribution in [0.2, 0.25) is 5.02 Å². The monoisotopic (exact) mass is 359 g/mol. The van der Waals surface area contributed by atoms with E-state index in [4.69, 9.17) is 11.6 Å². The highest BCUT2D eigenvalue weighted by molar-refractivity contribution is 9.11. The van der Waals surface area contributed by atoms with Crippen LogP contribution in [0.3, 0.4) is 0 Å². The summed E-state index contributed by atoms with van der Waals surface area (Å²) in [7, 11) is 0. The summed E-state index contributed by atoms with van der Waals surface area (Å²) in [6.07, 6.45) is 0. The lowest BCUT2D eigenvalue weighted by Crippen LogP contribution is -1.98. The van der Waals surface area contributed by atoms with Gasteiger partial charge >= 0.3 is 0 Å². The largest absolute Gasteiger partial charge is 0.377 e. The molecule has 3 nitrogen and oxygen atoms in total. The second-order valence-corrected chi connectivity index (χ2v) is 7.10. The summed E-state index contributed by atoms with van der Waals surface area (Å²) in [4.78, 5) is 1.23. The summed E-state index contributed by atoms with van der Waals surface area (Å²) in [6.45, 7) is 0.729. The van der Waals surface area contributed by atoms with Crippen molar-refractivity contribution in [3.8, 4) is 0 Å². The van der Waals surface area contributed by atoms with Crippen LogP contribution >= 0.6 is 50.6 Å². The van der Waals surface area contributed by atoms with Crippen LogP contribution < -0.4 is 5.32 Å². The zero-order chi connectivity index (χ0) is 12.5. The quantitative estimate of drug-likeness (QED) is 0.730. The van der Waals surface area contributed by atoms with E-state index >= 15 is 0 Å². The number of fused-ring (bicyclic) bond motifs is 1. The van der Waals surface area contributed by atoms with Crippen LogP contribution in [-0.2, 0) is 6.54 Å². The van der Waals surface area contributed by atoms with E-state index in [1.807, 2.05) is 18.2 Å². The third-order valence-electron chi connectivity index (χ3n) is 2.45. The van der Waals surface area contributed by atoms with E-state index in [1.165, 1.54) is 16.6 Å². The molecule has 2 aromatic heterocycles. The molecule has 0 amide bonds. The van der Waals surface area contributed by atoms with Crippen molar-refractivity contribution in [2.45, 2.75) is 6.54 Å². The lowest BCUT2D eigenvalue weighted by atomic mass is 10.2. The van der Waals surface area contributed by atoms with Gasteiger partial charge in [-0.3, -0.25) is 0 Å². The Kier molecular flexibility index (Phi) is 3.52. The summed E-state index contributed by atoms with van der Waals surface area (Å²) in [5.74, 6) is 0. The van der Waals surface area contributed by atoms with Crippen LogP contribution in [0.15, 0.2) is 28.1 Å². The number of benzene rings is 1. The van der Waals surface area contributed by atoms with Crippen LogP contribution in [0.4, 0.5) is 5.69 Å². The molecule has 7 heteroatoms. The third kappa shape index (κ3) is 2.38. The van der Waals surface area contributed by atoms with Crippen molar-refractivity contribution < 1.29 is 0 Å². The smallest absolute Gasteiger partial charge is 0.129 e. The average Bonchev–Trinajstić information content (AvgIpc) is 2.96. The van der Waals surface area contributed by atoms with E-state index in [1.54, 1.807) is 11.3 Å². The first kappa shape index (κ1) is 12.3. The molecule has 1 aromatic carbocycles. The summed E-state index contributed by atoms with van der Waals surface area (Å²) in [5, 5.41) is 4.01. The number of nitrogens with one attached hydrogen (secondary N) is 1.